The zero-order valence-corrected chi connectivity index (χ0v) is 28.6. The maximum absolute atomic E-state index is 6.78. The van der Waals surface area contributed by atoms with Gasteiger partial charge in [0.15, 0.2) is 16.6 Å². The summed E-state index contributed by atoms with van der Waals surface area (Å²) < 4.78 is 14.6. The van der Waals surface area contributed by atoms with E-state index in [1.54, 1.807) is 0 Å². The van der Waals surface area contributed by atoms with Gasteiger partial charge in [0.05, 0.1) is 0 Å². The zero-order chi connectivity index (χ0) is 25.7. The summed E-state index contributed by atoms with van der Waals surface area (Å²) in [4.78, 5) is 0. The predicted octanol–water partition coefficient (Wildman–Crippen LogP) is 10.0. The van der Waals surface area contributed by atoms with Crippen LogP contribution in [0.2, 0.25) is 51.4 Å². The lowest BCUT2D eigenvalue weighted by Crippen LogP contribution is -2.52. The molecule has 0 saturated heterocycles. The highest BCUT2D eigenvalue weighted by molar-refractivity contribution is 8.46. The van der Waals surface area contributed by atoms with Crippen LogP contribution in [-0.4, -0.2) is 34.5 Å². The summed E-state index contributed by atoms with van der Waals surface area (Å²) in [6.07, 6.45) is 8.83. The van der Waals surface area contributed by atoms with Gasteiger partial charge in [-0.3, -0.25) is 0 Å². The van der Waals surface area contributed by atoms with Gasteiger partial charge in [-0.1, -0.05) is 82.4 Å². The van der Waals surface area contributed by atoms with Crippen LogP contribution in [0, 0.1) is 0 Å². The summed E-state index contributed by atoms with van der Waals surface area (Å²) in [6, 6.07) is 11.5. The lowest BCUT2D eigenvalue weighted by Gasteiger charge is -2.38. The predicted molar refractivity (Wildman–Crippen MR) is 170 cm³/mol. The molecule has 0 aliphatic carbocycles. The average molecular weight is 575 g/mol. The Kier molecular flexibility index (Phi) is 15.8. The monoisotopic (exact) mass is 574 g/mol. The van der Waals surface area contributed by atoms with Gasteiger partial charge in [0.1, 0.15) is 3.53 Å². The smallest absolute Gasteiger partial charge is 0.311 e. The Balaban J connectivity index is 2.44. The van der Waals surface area contributed by atoms with Crippen LogP contribution in [-0.2, 0) is 20.4 Å². The van der Waals surface area contributed by atoms with E-state index in [4.69, 9.17) is 20.4 Å². The molecule has 0 aromatic heterocycles. The summed E-state index contributed by atoms with van der Waals surface area (Å²) in [6.45, 7) is 18.4. The Morgan fingerprint density at radius 2 is 1.29 bits per heavy atom. The molecule has 2 nitrogen and oxygen atoms in total. The molecule has 0 amide bonds. The van der Waals surface area contributed by atoms with E-state index in [2.05, 4.69) is 77.4 Å². The van der Waals surface area contributed by atoms with Crippen molar-refractivity contribution < 1.29 is 8.23 Å². The van der Waals surface area contributed by atoms with Crippen molar-refractivity contribution in [3.8, 4) is 0 Å². The second-order valence-electron chi connectivity index (χ2n) is 11.0. The second-order valence-corrected chi connectivity index (χ2v) is 26.7. The largest absolute Gasteiger partial charge is 0.437 e. The Labute approximate surface area is 228 Å². The fourth-order valence-corrected chi connectivity index (χ4v) is 20.5. The van der Waals surface area contributed by atoms with E-state index in [0.717, 1.165) is 27.5 Å². The highest BCUT2D eigenvalue weighted by atomic mass is 32.2. The van der Waals surface area contributed by atoms with Gasteiger partial charge in [-0.05, 0) is 81.1 Å². The summed E-state index contributed by atoms with van der Waals surface area (Å²) >= 11 is 9.21. The van der Waals surface area contributed by atoms with Gasteiger partial charge in [0.25, 0.3) is 0 Å². The second kappa shape index (κ2) is 16.4. The summed E-state index contributed by atoms with van der Waals surface area (Å²) in [5, 5.41) is 0. The van der Waals surface area contributed by atoms with Crippen LogP contribution >= 0.6 is 35.7 Å². The molecule has 0 radical (unpaired) electrons. The Hall–Kier alpha value is 0.581. The lowest BCUT2D eigenvalue weighted by atomic mass is 10.1. The van der Waals surface area contributed by atoms with Crippen molar-refractivity contribution in [3.05, 3.63) is 35.4 Å². The minimum absolute atomic E-state index is 0.971. The van der Waals surface area contributed by atoms with E-state index in [-0.39, 0.29) is 0 Å². The van der Waals surface area contributed by atoms with Gasteiger partial charge in [0, 0.05) is 5.75 Å². The summed E-state index contributed by atoms with van der Waals surface area (Å²) in [5.74, 6) is 2.13. The van der Waals surface area contributed by atoms with Gasteiger partial charge >= 0.3 is 8.56 Å². The average Bonchev–Trinajstić information content (AvgIpc) is 2.74. The molecule has 1 aromatic carbocycles. The summed E-state index contributed by atoms with van der Waals surface area (Å²) in [5.41, 5.74) is 2.76. The third-order valence-corrected chi connectivity index (χ3v) is 20.0. The molecule has 1 aromatic rings. The summed E-state index contributed by atoms with van der Waals surface area (Å²) in [7, 11) is -5.52. The SMILES string of the molecule is CCCCCCSC(=S)SCc1ccc(CC[Si](C)(C)O[Si](C)(C)O[Si](C)(C)CCCC)cc1. The van der Waals surface area contributed by atoms with E-state index in [9.17, 15) is 0 Å². The molecule has 1 rings (SSSR count). The maximum atomic E-state index is 6.78. The van der Waals surface area contributed by atoms with Crippen molar-refractivity contribution in [1.29, 1.82) is 0 Å². The van der Waals surface area contributed by atoms with E-state index >= 15 is 0 Å². The molecule has 0 atom stereocenters. The van der Waals surface area contributed by atoms with Crippen LogP contribution in [0.25, 0.3) is 0 Å². The molecule has 0 aliphatic heterocycles. The number of hydrogen-bond acceptors (Lipinski definition) is 5. The van der Waals surface area contributed by atoms with Gasteiger partial charge in [-0.2, -0.15) is 0 Å². The molecule has 8 heteroatoms. The van der Waals surface area contributed by atoms with E-state index < -0.39 is 25.2 Å². The molecule has 0 unspecified atom stereocenters. The van der Waals surface area contributed by atoms with Gasteiger partial charge in [-0.15, -0.1) is 23.5 Å². The highest BCUT2D eigenvalue weighted by Crippen LogP contribution is 2.27. The third-order valence-electron chi connectivity index (χ3n) is 5.79. The lowest BCUT2D eigenvalue weighted by molar-refractivity contribution is 0.387. The van der Waals surface area contributed by atoms with Crippen molar-refractivity contribution >= 4 is 64.5 Å². The molecular weight excluding hydrogens is 525 g/mol. The number of hydrogen-bond donors (Lipinski definition) is 0. The first-order chi connectivity index (χ1) is 15.9. The molecule has 0 spiro atoms. The molecule has 196 valence electrons. The fourth-order valence-electron chi connectivity index (χ4n) is 4.17. The standard InChI is InChI=1S/C26H50O2S3Si3/c1-9-11-13-14-20-30-26(29)31-23-25-17-15-24(16-18-25)19-22-33(5,6)28-34(7,8)27-32(3,4)21-12-10-2/h15-18H,9-14,19-23H2,1-8H3. The minimum Gasteiger partial charge on any atom is -0.437 e. The van der Waals surface area contributed by atoms with Crippen molar-refractivity contribution in [1.82, 2.24) is 0 Å². The number of aryl methyl sites for hydroxylation is 1. The molecule has 0 heterocycles. The van der Waals surface area contributed by atoms with Gasteiger partial charge < -0.3 is 8.23 Å². The molecule has 0 bridgehead atoms. The first-order valence-electron chi connectivity index (χ1n) is 13.2. The van der Waals surface area contributed by atoms with E-state index in [1.807, 2.05) is 23.5 Å². The van der Waals surface area contributed by atoms with Crippen LogP contribution in [0.5, 0.6) is 0 Å². The van der Waals surface area contributed by atoms with Gasteiger partial charge in [-0.25, -0.2) is 0 Å². The first kappa shape index (κ1) is 32.6. The third kappa shape index (κ3) is 15.6. The van der Waals surface area contributed by atoms with Crippen LogP contribution in [0.15, 0.2) is 24.3 Å². The maximum Gasteiger partial charge on any atom is 0.311 e. The van der Waals surface area contributed by atoms with Crippen LogP contribution in [0.4, 0.5) is 0 Å². The number of thiocarbonyl (C=S) groups is 1. The Morgan fingerprint density at radius 1 is 0.735 bits per heavy atom. The molecule has 0 aliphatic rings. The molecular formula is C26H50O2S3Si3. The first-order valence-corrected chi connectivity index (χ1v) is 24.6. The molecule has 0 saturated carbocycles. The quantitative estimate of drug-likeness (QED) is 0.104. The van der Waals surface area contributed by atoms with Crippen LogP contribution in [0.3, 0.4) is 0 Å². The van der Waals surface area contributed by atoms with E-state index in [0.29, 0.717) is 0 Å². The van der Waals surface area contributed by atoms with Crippen LogP contribution in [0.1, 0.15) is 63.5 Å². The Bertz CT molecular complexity index is 710. The van der Waals surface area contributed by atoms with Crippen molar-refractivity contribution in [2.45, 2.75) is 116 Å². The minimum atomic E-state index is -2.10. The van der Waals surface area contributed by atoms with Crippen molar-refractivity contribution in [2.75, 3.05) is 5.75 Å². The number of thioether (sulfide) groups is 2. The van der Waals surface area contributed by atoms with E-state index in [1.165, 1.54) is 55.7 Å². The molecule has 34 heavy (non-hydrogen) atoms. The Morgan fingerprint density at radius 3 is 1.88 bits per heavy atom. The number of unbranched alkanes of at least 4 members (excludes halogenated alkanes) is 4. The van der Waals surface area contributed by atoms with Crippen LogP contribution < -0.4 is 0 Å². The fraction of sp³-hybridized carbons (Fsp3) is 0.731. The number of rotatable bonds is 17. The van der Waals surface area contributed by atoms with Crippen molar-refractivity contribution in [2.24, 2.45) is 0 Å². The topological polar surface area (TPSA) is 18.5 Å². The van der Waals surface area contributed by atoms with Gasteiger partial charge in [0.2, 0.25) is 0 Å². The normalized spacial score (nSPS) is 12.8. The van der Waals surface area contributed by atoms with Crippen molar-refractivity contribution in [3.63, 3.8) is 0 Å². The number of benzene rings is 1. The molecule has 0 N–H and O–H groups in total. The zero-order valence-electron chi connectivity index (χ0n) is 23.1. The molecule has 0 fully saturated rings. The highest BCUT2D eigenvalue weighted by Gasteiger charge is 2.39.